The third kappa shape index (κ3) is 2.26. The van der Waals surface area contributed by atoms with Crippen LogP contribution in [0.1, 0.15) is 6.42 Å². The van der Waals surface area contributed by atoms with Gasteiger partial charge in [0.2, 0.25) is 5.91 Å². The van der Waals surface area contributed by atoms with E-state index in [-0.39, 0.29) is 29.4 Å². The molecule has 1 aromatic rings. The van der Waals surface area contributed by atoms with Crippen molar-refractivity contribution in [2.45, 2.75) is 12.5 Å². The van der Waals surface area contributed by atoms with E-state index in [4.69, 9.17) is 5.84 Å². The van der Waals surface area contributed by atoms with Crippen molar-refractivity contribution >= 4 is 28.9 Å². The molecule has 1 aromatic carbocycles. The van der Waals surface area contributed by atoms with Crippen LogP contribution in [0.25, 0.3) is 0 Å². The Kier molecular flexibility index (Phi) is 3.53. The standard InChI is InChI=1S/C11H13N5O4/c1-15-9(17)5-8(11(15)18)13-6-3-2-4-7(14-12)10(6)16(19)20/h2-4,8,13-14H,5,12H2,1H3. The number of imide groups is 1. The van der Waals surface area contributed by atoms with E-state index in [0.29, 0.717) is 0 Å². The van der Waals surface area contributed by atoms with Crippen molar-refractivity contribution in [2.24, 2.45) is 5.84 Å². The fourth-order valence-corrected chi connectivity index (χ4v) is 2.03. The molecule has 1 heterocycles. The monoisotopic (exact) mass is 279 g/mol. The van der Waals surface area contributed by atoms with Crippen LogP contribution in [0.4, 0.5) is 17.1 Å². The van der Waals surface area contributed by atoms with Gasteiger partial charge in [-0.05, 0) is 12.1 Å². The van der Waals surface area contributed by atoms with Gasteiger partial charge in [-0.3, -0.25) is 30.4 Å². The minimum Gasteiger partial charge on any atom is -0.368 e. The summed E-state index contributed by atoms with van der Waals surface area (Å²) in [4.78, 5) is 34.7. The van der Waals surface area contributed by atoms with Crippen LogP contribution >= 0.6 is 0 Å². The van der Waals surface area contributed by atoms with Gasteiger partial charge < -0.3 is 10.7 Å². The molecular formula is C11H13N5O4. The number of para-hydroxylation sites is 1. The predicted octanol–water partition coefficient (Wildman–Crippen LogP) is 0.0496. The molecule has 4 N–H and O–H groups in total. The molecule has 0 aliphatic carbocycles. The minimum absolute atomic E-state index is 0.0350. The molecule has 1 unspecified atom stereocenters. The highest BCUT2D eigenvalue weighted by molar-refractivity contribution is 6.06. The zero-order valence-electron chi connectivity index (χ0n) is 10.6. The number of hydrogen-bond acceptors (Lipinski definition) is 7. The van der Waals surface area contributed by atoms with Gasteiger partial charge in [-0.25, -0.2) is 0 Å². The number of carbonyl (C=O) groups is 2. The SMILES string of the molecule is CN1C(=O)CC(Nc2cccc(NN)c2[N+](=O)[O-])C1=O. The van der Waals surface area contributed by atoms with E-state index in [9.17, 15) is 19.7 Å². The number of nitrogens with one attached hydrogen (secondary N) is 2. The number of nitrogens with zero attached hydrogens (tertiary/aromatic N) is 2. The topological polar surface area (TPSA) is 131 Å². The summed E-state index contributed by atoms with van der Waals surface area (Å²) in [7, 11) is 1.37. The molecule has 2 amide bonds. The molecule has 2 rings (SSSR count). The first-order valence-corrected chi connectivity index (χ1v) is 5.76. The quantitative estimate of drug-likeness (QED) is 0.307. The van der Waals surface area contributed by atoms with E-state index >= 15 is 0 Å². The predicted molar refractivity (Wildman–Crippen MR) is 70.7 cm³/mol. The van der Waals surface area contributed by atoms with Crippen LogP contribution in [0.15, 0.2) is 18.2 Å². The Balaban J connectivity index is 2.33. The van der Waals surface area contributed by atoms with Crippen LogP contribution in [-0.4, -0.2) is 34.7 Å². The number of carbonyl (C=O) groups excluding carboxylic acids is 2. The third-order valence-electron chi connectivity index (χ3n) is 3.09. The zero-order chi connectivity index (χ0) is 14.9. The number of nitrogens with two attached hydrogens (primary N) is 1. The molecule has 1 atom stereocenters. The molecule has 0 bridgehead atoms. The number of nitro groups is 1. The van der Waals surface area contributed by atoms with E-state index in [0.717, 1.165) is 4.90 Å². The van der Waals surface area contributed by atoms with Crippen LogP contribution in [0, 0.1) is 10.1 Å². The van der Waals surface area contributed by atoms with Crippen molar-refractivity contribution in [3.05, 3.63) is 28.3 Å². The fraction of sp³-hybridized carbons (Fsp3) is 0.273. The maximum absolute atomic E-state index is 11.8. The molecule has 0 spiro atoms. The molecule has 1 fully saturated rings. The lowest BCUT2D eigenvalue weighted by Gasteiger charge is -2.13. The maximum atomic E-state index is 11.8. The number of rotatable bonds is 4. The molecule has 9 nitrogen and oxygen atoms in total. The Bertz CT molecular complexity index is 588. The van der Waals surface area contributed by atoms with Gasteiger partial charge in [0.25, 0.3) is 5.91 Å². The normalized spacial score (nSPS) is 18.3. The Labute approximate surface area is 113 Å². The van der Waals surface area contributed by atoms with Gasteiger partial charge in [0.15, 0.2) is 0 Å². The summed E-state index contributed by atoms with van der Waals surface area (Å²) in [5, 5.41) is 13.8. The summed E-state index contributed by atoms with van der Waals surface area (Å²) in [6.45, 7) is 0. The number of hydrazine groups is 1. The number of likely N-dealkylation sites (tertiary alicyclic amines) is 1. The van der Waals surface area contributed by atoms with Crippen LogP contribution in [-0.2, 0) is 9.59 Å². The Morgan fingerprint density at radius 3 is 2.55 bits per heavy atom. The summed E-state index contributed by atoms with van der Waals surface area (Å²) in [5.41, 5.74) is 2.20. The van der Waals surface area contributed by atoms with Crippen molar-refractivity contribution < 1.29 is 14.5 Å². The highest BCUT2D eigenvalue weighted by Gasteiger charge is 2.37. The average Bonchev–Trinajstić information content (AvgIpc) is 2.65. The Hall–Kier alpha value is -2.68. The van der Waals surface area contributed by atoms with Gasteiger partial charge >= 0.3 is 5.69 Å². The maximum Gasteiger partial charge on any atom is 0.316 e. The van der Waals surface area contributed by atoms with Gasteiger partial charge in [-0.1, -0.05) is 6.07 Å². The van der Waals surface area contributed by atoms with E-state index in [1.807, 2.05) is 0 Å². The van der Waals surface area contributed by atoms with Crippen LogP contribution in [0.2, 0.25) is 0 Å². The first kappa shape index (κ1) is 13.7. The summed E-state index contributed by atoms with van der Waals surface area (Å²) < 4.78 is 0. The number of nitro benzene ring substituents is 1. The van der Waals surface area contributed by atoms with E-state index in [2.05, 4.69) is 10.7 Å². The second-order valence-corrected chi connectivity index (χ2v) is 4.30. The molecule has 1 saturated heterocycles. The van der Waals surface area contributed by atoms with Gasteiger partial charge in [0, 0.05) is 7.05 Å². The van der Waals surface area contributed by atoms with Crippen molar-refractivity contribution in [2.75, 3.05) is 17.8 Å². The largest absolute Gasteiger partial charge is 0.368 e. The molecule has 1 aliphatic heterocycles. The van der Waals surface area contributed by atoms with Crippen molar-refractivity contribution in [3.8, 4) is 0 Å². The molecule has 1 aliphatic rings. The molecular weight excluding hydrogens is 266 g/mol. The van der Waals surface area contributed by atoms with Crippen molar-refractivity contribution in [3.63, 3.8) is 0 Å². The van der Waals surface area contributed by atoms with Crippen LogP contribution in [0.3, 0.4) is 0 Å². The lowest BCUT2D eigenvalue weighted by Crippen LogP contribution is -2.32. The highest BCUT2D eigenvalue weighted by Crippen LogP contribution is 2.33. The first-order chi connectivity index (χ1) is 9.45. The van der Waals surface area contributed by atoms with Crippen LogP contribution < -0.4 is 16.6 Å². The number of nitrogen functional groups attached to an aromatic ring is 1. The summed E-state index contributed by atoms with van der Waals surface area (Å²) in [6, 6.07) is 3.64. The molecule has 20 heavy (non-hydrogen) atoms. The lowest BCUT2D eigenvalue weighted by molar-refractivity contribution is -0.383. The number of hydrogen-bond donors (Lipinski definition) is 3. The zero-order valence-corrected chi connectivity index (χ0v) is 10.6. The second kappa shape index (κ2) is 5.13. The summed E-state index contributed by atoms with van der Waals surface area (Å²) in [5.74, 6) is 4.47. The third-order valence-corrected chi connectivity index (χ3v) is 3.09. The van der Waals surface area contributed by atoms with E-state index < -0.39 is 16.9 Å². The number of benzene rings is 1. The second-order valence-electron chi connectivity index (χ2n) is 4.30. The summed E-state index contributed by atoms with van der Waals surface area (Å²) >= 11 is 0. The first-order valence-electron chi connectivity index (χ1n) is 5.76. The van der Waals surface area contributed by atoms with Gasteiger partial charge in [-0.15, -0.1) is 0 Å². The highest BCUT2D eigenvalue weighted by atomic mass is 16.6. The number of likely N-dealkylation sites (N-methyl/N-ethyl adjacent to an activating group) is 1. The molecule has 9 heteroatoms. The Morgan fingerprint density at radius 1 is 1.40 bits per heavy atom. The molecule has 0 aromatic heterocycles. The average molecular weight is 279 g/mol. The molecule has 0 saturated carbocycles. The lowest BCUT2D eigenvalue weighted by atomic mass is 10.2. The fourth-order valence-electron chi connectivity index (χ4n) is 2.03. The van der Waals surface area contributed by atoms with E-state index in [1.54, 1.807) is 6.07 Å². The van der Waals surface area contributed by atoms with Crippen molar-refractivity contribution in [1.82, 2.24) is 4.90 Å². The van der Waals surface area contributed by atoms with Gasteiger partial charge in [-0.2, -0.15) is 0 Å². The molecule has 106 valence electrons. The molecule has 0 radical (unpaired) electrons. The van der Waals surface area contributed by atoms with Crippen molar-refractivity contribution in [1.29, 1.82) is 0 Å². The van der Waals surface area contributed by atoms with Gasteiger partial charge in [0.1, 0.15) is 17.4 Å². The van der Waals surface area contributed by atoms with E-state index in [1.165, 1.54) is 19.2 Å². The minimum atomic E-state index is -0.806. The summed E-state index contributed by atoms with van der Waals surface area (Å²) in [6.07, 6.45) is -0.0350. The van der Waals surface area contributed by atoms with Crippen LogP contribution in [0.5, 0.6) is 0 Å². The smallest absolute Gasteiger partial charge is 0.316 e. The number of amides is 2. The van der Waals surface area contributed by atoms with Gasteiger partial charge in [0.05, 0.1) is 11.3 Å². The Morgan fingerprint density at radius 2 is 2.05 bits per heavy atom. The number of anilines is 2.